The summed E-state index contributed by atoms with van der Waals surface area (Å²) in [6, 6.07) is 13.1. The Morgan fingerprint density at radius 3 is 2.35 bits per heavy atom. The first kappa shape index (κ1) is 23.3. The molecule has 7 heteroatoms. The Labute approximate surface area is 192 Å². The highest BCUT2D eigenvalue weighted by atomic mass is 35.5. The van der Waals surface area contributed by atoms with Gasteiger partial charge >= 0.3 is 0 Å². The highest BCUT2D eigenvalue weighted by molar-refractivity contribution is 6.31. The number of rotatable bonds is 6. The van der Waals surface area contributed by atoms with Gasteiger partial charge < -0.3 is 4.90 Å². The Balaban J connectivity index is 1.85. The number of hydrogen-bond donors (Lipinski definition) is 0. The van der Waals surface area contributed by atoms with Gasteiger partial charge in [-0.25, -0.2) is 4.90 Å². The van der Waals surface area contributed by atoms with Crippen LogP contribution in [0, 0.1) is 5.41 Å². The van der Waals surface area contributed by atoms with Crippen LogP contribution in [0.3, 0.4) is 0 Å². The Morgan fingerprint density at radius 1 is 1.06 bits per heavy atom. The number of carbonyl (C=O) groups excluding carboxylic acids is 3. The minimum absolute atomic E-state index is 0.0348. The molecule has 0 radical (unpaired) electrons. The zero-order valence-corrected chi connectivity index (χ0v) is 19.4. The SMILES string of the molecule is CC(C)(C)CC(=O)N(CCc1cccc(Cl)c1)C1CC(=O)N(c2ccc(Cl)cc2)C1=O. The van der Waals surface area contributed by atoms with Crippen molar-refractivity contribution in [2.24, 2.45) is 5.41 Å². The number of amides is 3. The average Bonchev–Trinajstić information content (AvgIpc) is 2.96. The first-order valence-corrected chi connectivity index (χ1v) is 11.0. The van der Waals surface area contributed by atoms with E-state index >= 15 is 0 Å². The molecule has 3 amide bonds. The van der Waals surface area contributed by atoms with Gasteiger partial charge in [-0.3, -0.25) is 14.4 Å². The summed E-state index contributed by atoms with van der Waals surface area (Å²) < 4.78 is 0. The number of halogens is 2. The molecule has 1 heterocycles. The molecule has 1 unspecified atom stereocenters. The van der Waals surface area contributed by atoms with Crippen molar-refractivity contribution >= 4 is 46.6 Å². The second-order valence-corrected chi connectivity index (χ2v) is 9.84. The van der Waals surface area contributed by atoms with Gasteiger partial charge in [0.1, 0.15) is 6.04 Å². The van der Waals surface area contributed by atoms with Gasteiger partial charge in [-0.05, 0) is 53.8 Å². The second kappa shape index (κ2) is 9.41. The fourth-order valence-electron chi connectivity index (χ4n) is 3.67. The summed E-state index contributed by atoms with van der Waals surface area (Å²) in [5.41, 5.74) is 1.18. The molecule has 1 atom stereocenters. The third kappa shape index (κ3) is 5.86. The van der Waals surface area contributed by atoms with Crippen LogP contribution in [0.15, 0.2) is 48.5 Å². The maximum atomic E-state index is 13.2. The van der Waals surface area contributed by atoms with Crippen molar-refractivity contribution < 1.29 is 14.4 Å². The molecule has 0 saturated carbocycles. The Kier molecular flexibility index (Phi) is 7.07. The van der Waals surface area contributed by atoms with Gasteiger partial charge in [0.15, 0.2) is 0 Å². The molecule has 31 heavy (non-hydrogen) atoms. The maximum absolute atomic E-state index is 13.2. The van der Waals surface area contributed by atoms with Gasteiger partial charge in [0.2, 0.25) is 11.8 Å². The van der Waals surface area contributed by atoms with Crippen molar-refractivity contribution in [2.75, 3.05) is 11.4 Å². The smallest absolute Gasteiger partial charge is 0.257 e. The Bertz CT molecular complexity index is 983. The summed E-state index contributed by atoms with van der Waals surface area (Å²) >= 11 is 12.0. The Hall–Kier alpha value is -2.37. The molecule has 1 saturated heterocycles. The molecule has 5 nitrogen and oxygen atoms in total. The minimum Gasteiger partial charge on any atom is -0.330 e. The van der Waals surface area contributed by atoms with E-state index in [0.717, 1.165) is 10.5 Å². The van der Waals surface area contributed by atoms with E-state index in [1.807, 2.05) is 39.0 Å². The minimum atomic E-state index is -0.822. The van der Waals surface area contributed by atoms with Crippen molar-refractivity contribution in [3.8, 4) is 0 Å². The predicted molar refractivity (Wildman–Crippen MR) is 123 cm³/mol. The van der Waals surface area contributed by atoms with Crippen LogP contribution >= 0.6 is 23.2 Å². The maximum Gasteiger partial charge on any atom is 0.257 e. The van der Waals surface area contributed by atoms with Gasteiger partial charge in [-0.15, -0.1) is 0 Å². The third-order valence-corrected chi connectivity index (χ3v) is 5.60. The van der Waals surface area contributed by atoms with E-state index in [1.165, 1.54) is 0 Å². The molecule has 1 fully saturated rings. The van der Waals surface area contributed by atoms with Crippen LogP contribution in [0.4, 0.5) is 5.69 Å². The number of anilines is 1. The average molecular weight is 461 g/mol. The normalized spacial score (nSPS) is 16.7. The summed E-state index contributed by atoms with van der Waals surface area (Å²) in [4.78, 5) is 41.8. The number of hydrogen-bond acceptors (Lipinski definition) is 3. The standard InChI is InChI=1S/C24H26Cl2N2O3/c1-24(2,3)15-22(30)27(12-11-16-5-4-6-18(26)13-16)20-14-21(29)28(23(20)31)19-9-7-17(25)8-10-19/h4-10,13,20H,11-12,14-15H2,1-3H3. The lowest BCUT2D eigenvalue weighted by molar-refractivity contribution is -0.139. The van der Waals surface area contributed by atoms with E-state index in [-0.39, 0.29) is 36.0 Å². The van der Waals surface area contributed by atoms with Crippen LogP contribution < -0.4 is 4.90 Å². The van der Waals surface area contributed by atoms with Gasteiger partial charge in [0.05, 0.1) is 12.1 Å². The summed E-state index contributed by atoms with van der Waals surface area (Å²) in [5, 5.41) is 1.13. The fraction of sp³-hybridized carbons (Fsp3) is 0.375. The lowest BCUT2D eigenvalue weighted by Crippen LogP contribution is -2.47. The topological polar surface area (TPSA) is 57.7 Å². The van der Waals surface area contributed by atoms with E-state index in [4.69, 9.17) is 23.2 Å². The predicted octanol–water partition coefficient (Wildman–Crippen LogP) is 5.13. The molecule has 0 aliphatic carbocycles. The van der Waals surface area contributed by atoms with E-state index in [9.17, 15) is 14.4 Å². The van der Waals surface area contributed by atoms with Crippen molar-refractivity contribution in [3.63, 3.8) is 0 Å². The fourth-order valence-corrected chi connectivity index (χ4v) is 4.01. The molecule has 0 spiro atoms. The zero-order valence-electron chi connectivity index (χ0n) is 17.9. The highest BCUT2D eigenvalue weighted by Gasteiger charge is 2.44. The van der Waals surface area contributed by atoms with Crippen LogP contribution in [0.25, 0.3) is 0 Å². The van der Waals surface area contributed by atoms with E-state index in [1.54, 1.807) is 35.2 Å². The van der Waals surface area contributed by atoms with Crippen LogP contribution in [-0.2, 0) is 20.8 Å². The Morgan fingerprint density at radius 2 is 1.74 bits per heavy atom. The van der Waals surface area contributed by atoms with Crippen molar-refractivity contribution in [1.29, 1.82) is 0 Å². The van der Waals surface area contributed by atoms with Crippen molar-refractivity contribution in [1.82, 2.24) is 4.90 Å². The van der Waals surface area contributed by atoms with Crippen LogP contribution in [0.5, 0.6) is 0 Å². The molecule has 0 bridgehead atoms. The van der Waals surface area contributed by atoms with Crippen LogP contribution in [0.2, 0.25) is 10.0 Å². The molecule has 1 aliphatic heterocycles. The van der Waals surface area contributed by atoms with E-state index in [0.29, 0.717) is 28.7 Å². The van der Waals surface area contributed by atoms with Crippen molar-refractivity contribution in [3.05, 3.63) is 64.1 Å². The molecule has 3 rings (SSSR count). The molecular formula is C24H26Cl2N2O3. The molecular weight excluding hydrogens is 435 g/mol. The lowest BCUT2D eigenvalue weighted by Gasteiger charge is -2.30. The number of nitrogens with zero attached hydrogens (tertiary/aromatic N) is 2. The zero-order chi connectivity index (χ0) is 22.8. The highest BCUT2D eigenvalue weighted by Crippen LogP contribution is 2.29. The number of imide groups is 1. The lowest BCUT2D eigenvalue weighted by atomic mass is 9.91. The molecule has 0 N–H and O–H groups in total. The van der Waals surface area contributed by atoms with Crippen molar-refractivity contribution in [2.45, 2.75) is 46.1 Å². The third-order valence-electron chi connectivity index (χ3n) is 5.12. The summed E-state index contributed by atoms with van der Waals surface area (Å²) in [7, 11) is 0. The van der Waals surface area contributed by atoms with Crippen LogP contribution in [0.1, 0.15) is 39.2 Å². The first-order chi connectivity index (χ1) is 14.5. The van der Waals surface area contributed by atoms with Gasteiger partial charge in [-0.1, -0.05) is 56.1 Å². The van der Waals surface area contributed by atoms with E-state index in [2.05, 4.69) is 0 Å². The van der Waals surface area contributed by atoms with Crippen LogP contribution in [-0.4, -0.2) is 35.2 Å². The molecule has 2 aromatic rings. The molecule has 2 aromatic carbocycles. The largest absolute Gasteiger partial charge is 0.330 e. The molecule has 1 aliphatic rings. The first-order valence-electron chi connectivity index (χ1n) is 10.2. The van der Waals surface area contributed by atoms with Gasteiger partial charge in [-0.2, -0.15) is 0 Å². The number of benzene rings is 2. The van der Waals surface area contributed by atoms with Gasteiger partial charge in [0.25, 0.3) is 5.91 Å². The monoisotopic (exact) mass is 460 g/mol. The summed E-state index contributed by atoms with van der Waals surface area (Å²) in [5.74, 6) is -0.854. The molecule has 0 aromatic heterocycles. The van der Waals surface area contributed by atoms with E-state index < -0.39 is 6.04 Å². The second-order valence-electron chi connectivity index (χ2n) is 8.97. The quantitative estimate of drug-likeness (QED) is 0.561. The number of carbonyl (C=O) groups is 3. The summed E-state index contributed by atoms with van der Waals surface area (Å²) in [6.45, 7) is 6.25. The summed E-state index contributed by atoms with van der Waals surface area (Å²) in [6.07, 6.45) is 0.781. The van der Waals surface area contributed by atoms with Gasteiger partial charge in [0, 0.05) is 23.0 Å². The molecule has 164 valence electrons.